The highest BCUT2D eigenvalue weighted by Crippen LogP contribution is 2.47. The summed E-state index contributed by atoms with van der Waals surface area (Å²) in [5, 5.41) is 4.55. The van der Waals surface area contributed by atoms with Gasteiger partial charge in [0, 0.05) is 53.1 Å². The van der Waals surface area contributed by atoms with Crippen molar-refractivity contribution in [1.29, 1.82) is 0 Å². The van der Waals surface area contributed by atoms with E-state index in [4.69, 9.17) is 24.9 Å². The van der Waals surface area contributed by atoms with Gasteiger partial charge in [0.25, 0.3) is 0 Å². The summed E-state index contributed by atoms with van der Waals surface area (Å²) in [5.74, 6) is 2.32. The number of benzene rings is 2. The van der Waals surface area contributed by atoms with Gasteiger partial charge in [0.15, 0.2) is 0 Å². The van der Waals surface area contributed by atoms with E-state index < -0.39 is 0 Å². The van der Waals surface area contributed by atoms with Crippen LogP contribution in [0.25, 0.3) is 43.6 Å². The molecule has 5 rings (SSSR count). The van der Waals surface area contributed by atoms with Gasteiger partial charge in [-0.2, -0.15) is 0 Å². The third-order valence-corrected chi connectivity index (χ3v) is 5.50. The number of pyridine rings is 3. The second-order valence-electron chi connectivity index (χ2n) is 7.07. The summed E-state index contributed by atoms with van der Waals surface area (Å²) >= 11 is 0. The number of nitrogens with two attached hydrogens (primary N) is 1. The van der Waals surface area contributed by atoms with E-state index >= 15 is 0 Å². The van der Waals surface area contributed by atoms with Gasteiger partial charge in [0.2, 0.25) is 0 Å². The first-order valence-corrected chi connectivity index (χ1v) is 9.66. The average Bonchev–Trinajstić information content (AvgIpc) is 2.82. The number of nitrogen functional groups attached to an aromatic ring is 1. The van der Waals surface area contributed by atoms with E-state index in [1.54, 1.807) is 39.9 Å². The summed E-state index contributed by atoms with van der Waals surface area (Å²) in [7, 11) is 4.87. The Balaban J connectivity index is 2.05. The maximum atomic E-state index is 6.31. The third-order valence-electron chi connectivity index (χ3n) is 5.50. The molecule has 154 valence electrons. The van der Waals surface area contributed by atoms with Crippen LogP contribution in [-0.4, -0.2) is 36.3 Å². The minimum Gasteiger partial charge on any atom is -0.496 e. The first-order chi connectivity index (χ1) is 15.2. The Labute approximate surface area is 178 Å². The van der Waals surface area contributed by atoms with Gasteiger partial charge in [0.05, 0.1) is 32.4 Å². The van der Waals surface area contributed by atoms with Gasteiger partial charge in [-0.1, -0.05) is 0 Å². The summed E-state index contributed by atoms with van der Waals surface area (Å²) < 4.78 is 16.9. The Morgan fingerprint density at radius 1 is 0.774 bits per heavy atom. The Hall–Kier alpha value is -4.13. The largest absolute Gasteiger partial charge is 0.496 e. The molecule has 7 heteroatoms. The minimum atomic E-state index is 0.423. The highest BCUT2D eigenvalue weighted by Gasteiger charge is 2.21. The van der Waals surface area contributed by atoms with Gasteiger partial charge in [-0.3, -0.25) is 9.97 Å². The van der Waals surface area contributed by atoms with Crippen LogP contribution in [0.4, 0.5) is 5.82 Å². The van der Waals surface area contributed by atoms with Crippen molar-refractivity contribution in [2.75, 3.05) is 27.1 Å². The number of methoxy groups -OCH3 is 3. The average molecular weight is 412 g/mol. The summed E-state index contributed by atoms with van der Waals surface area (Å²) in [4.78, 5) is 13.3. The fourth-order valence-electron chi connectivity index (χ4n) is 4.07. The molecule has 0 saturated heterocycles. The topological polar surface area (TPSA) is 92.4 Å². The first-order valence-electron chi connectivity index (χ1n) is 9.66. The zero-order chi connectivity index (χ0) is 21.5. The molecule has 0 bridgehead atoms. The molecule has 0 amide bonds. The first kappa shape index (κ1) is 18.9. The monoisotopic (exact) mass is 412 g/mol. The van der Waals surface area contributed by atoms with Gasteiger partial charge in [0.1, 0.15) is 23.1 Å². The van der Waals surface area contributed by atoms with Crippen molar-refractivity contribution in [3.8, 4) is 28.4 Å². The van der Waals surface area contributed by atoms with Crippen LogP contribution >= 0.6 is 0 Å². The Kier molecular flexibility index (Phi) is 4.43. The van der Waals surface area contributed by atoms with Gasteiger partial charge in [-0.15, -0.1) is 0 Å². The van der Waals surface area contributed by atoms with Crippen LogP contribution in [0.1, 0.15) is 0 Å². The lowest BCUT2D eigenvalue weighted by molar-refractivity contribution is 0.377. The second kappa shape index (κ2) is 7.28. The molecule has 5 aromatic rings. The summed E-state index contributed by atoms with van der Waals surface area (Å²) in [6.45, 7) is 0. The highest BCUT2D eigenvalue weighted by molar-refractivity contribution is 6.23. The lowest BCUT2D eigenvalue weighted by atomic mass is 9.92. The van der Waals surface area contributed by atoms with Gasteiger partial charge >= 0.3 is 0 Å². The van der Waals surface area contributed by atoms with E-state index in [0.717, 1.165) is 43.6 Å². The second-order valence-corrected chi connectivity index (χ2v) is 7.07. The van der Waals surface area contributed by atoms with Gasteiger partial charge in [-0.25, -0.2) is 4.98 Å². The molecule has 0 spiro atoms. The SMILES string of the molecule is COc1cc(OC)c(-c2cc3ccncc3c3nc(N)c4cnccc4c23)c(OC)c1. The van der Waals surface area contributed by atoms with Crippen molar-refractivity contribution in [2.45, 2.75) is 0 Å². The van der Waals surface area contributed by atoms with Crippen LogP contribution in [0, 0.1) is 0 Å². The van der Waals surface area contributed by atoms with Crippen molar-refractivity contribution in [3.05, 3.63) is 55.1 Å². The van der Waals surface area contributed by atoms with Crippen LogP contribution in [0.2, 0.25) is 0 Å². The molecule has 0 aliphatic rings. The van der Waals surface area contributed by atoms with Crippen molar-refractivity contribution in [2.24, 2.45) is 0 Å². The number of anilines is 1. The fourth-order valence-corrected chi connectivity index (χ4v) is 4.07. The number of aromatic nitrogens is 3. The molecule has 7 nitrogen and oxygen atoms in total. The van der Waals surface area contributed by atoms with Crippen LogP contribution in [0.3, 0.4) is 0 Å². The number of rotatable bonds is 4. The van der Waals surface area contributed by atoms with E-state index in [0.29, 0.717) is 23.1 Å². The quantitative estimate of drug-likeness (QED) is 0.431. The van der Waals surface area contributed by atoms with E-state index in [2.05, 4.69) is 16.0 Å². The lowest BCUT2D eigenvalue weighted by Crippen LogP contribution is -1.99. The van der Waals surface area contributed by atoms with Crippen molar-refractivity contribution < 1.29 is 14.2 Å². The molecule has 0 radical (unpaired) electrons. The maximum Gasteiger partial charge on any atom is 0.134 e. The van der Waals surface area contributed by atoms with E-state index in [9.17, 15) is 0 Å². The van der Waals surface area contributed by atoms with Crippen LogP contribution < -0.4 is 19.9 Å². The molecular formula is C24H20N4O3. The molecule has 0 fully saturated rings. The summed E-state index contributed by atoms with van der Waals surface area (Å²) in [5.41, 5.74) is 8.79. The number of nitrogens with zero attached hydrogens (tertiary/aromatic N) is 3. The van der Waals surface area contributed by atoms with Crippen molar-refractivity contribution in [3.63, 3.8) is 0 Å². The Morgan fingerprint density at radius 2 is 1.45 bits per heavy atom. The van der Waals surface area contributed by atoms with Crippen molar-refractivity contribution in [1.82, 2.24) is 15.0 Å². The van der Waals surface area contributed by atoms with Crippen LogP contribution in [-0.2, 0) is 0 Å². The molecule has 3 heterocycles. The van der Waals surface area contributed by atoms with Crippen molar-refractivity contribution >= 4 is 38.3 Å². The number of hydrogen-bond donors (Lipinski definition) is 1. The molecule has 2 N–H and O–H groups in total. The molecule has 0 aliphatic carbocycles. The minimum absolute atomic E-state index is 0.423. The molecule has 2 aromatic carbocycles. The van der Waals surface area contributed by atoms with E-state index in [1.165, 1.54) is 0 Å². The van der Waals surface area contributed by atoms with E-state index in [-0.39, 0.29) is 0 Å². The molecule has 3 aromatic heterocycles. The van der Waals surface area contributed by atoms with Crippen LogP contribution in [0.15, 0.2) is 55.1 Å². The Morgan fingerprint density at radius 3 is 2.13 bits per heavy atom. The lowest BCUT2D eigenvalue weighted by Gasteiger charge is -2.19. The predicted octanol–water partition coefficient (Wildman–Crippen LogP) is 4.61. The highest BCUT2D eigenvalue weighted by atomic mass is 16.5. The normalized spacial score (nSPS) is 11.2. The molecule has 31 heavy (non-hydrogen) atoms. The third kappa shape index (κ3) is 2.85. The molecule has 0 unspecified atom stereocenters. The maximum absolute atomic E-state index is 6.31. The number of fused-ring (bicyclic) bond motifs is 5. The molecule has 0 aliphatic heterocycles. The molecule has 0 atom stereocenters. The standard InChI is InChI=1S/C24H20N4O3/c1-29-14-9-19(30-2)22(20(10-14)31-3)16-8-13-4-6-26-11-17(13)23-21(16)15-5-7-27-12-18(15)24(25)28-23/h4-12H,1-3H3,(H2,25,28). The van der Waals surface area contributed by atoms with Gasteiger partial charge in [-0.05, 0) is 34.5 Å². The fraction of sp³-hybridized carbons (Fsp3) is 0.125. The van der Waals surface area contributed by atoms with E-state index in [1.807, 2.05) is 30.5 Å². The zero-order valence-electron chi connectivity index (χ0n) is 17.3. The molecular weight excluding hydrogens is 392 g/mol. The summed E-state index contributed by atoms with van der Waals surface area (Å²) in [6, 6.07) is 9.69. The number of hydrogen-bond acceptors (Lipinski definition) is 7. The van der Waals surface area contributed by atoms with Gasteiger partial charge < -0.3 is 19.9 Å². The zero-order valence-corrected chi connectivity index (χ0v) is 17.3. The Bertz CT molecular complexity index is 1440. The van der Waals surface area contributed by atoms with Crippen LogP contribution in [0.5, 0.6) is 17.2 Å². The smallest absolute Gasteiger partial charge is 0.134 e. The summed E-state index contributed by atoms with van der Waals surface area (Å²) in [6.07, 6.45) is 7.05. The predicted molar refractivity (Wildman–Crippen MR) is 122 cm³/mol. The number of ether oxygens (including phenoxy) is 3. The molecule has 0 saturated carbocycles.